The summed E-state index contributed by atoms with van der Waals surface area (Å²) in [6.07, 6.45) is 4.24. The van der Waals surface area contributed by atoms with Crippen LogP contribution in [-0.2, 0) is 16.0 Å². The van der Waals surface area contributed by atoms with Gasteiger partial charge in [0.2, 0.25) is 0 Å². The lowest BCUT2D eigenvalue weighted by atomic mass is 10.2. The Balaban J connectivity index is 2.43. The standard InChI is InChI=1S/C12H20N2O2/c1-4-10(2)14-8-7-11(13-14)5-6-12(15)9-16-3/h7-8,10H,4-6,9H2,1-3H3. The van der Waals surface area contributed by atoms with E-state index in [0.29, 0.717) is 18.9 Å². The zero-order valence-corrected chi connectivity index (χ0v) is 10.3. The van der Waals surface area contributed by atoms with E-state index in [0.717, 1.165) is 12.1 Å². The molecule has 0 spiro atoms. The van der Waals surface area contributed by atoms with Crippen LogP contribution in [0.25, 0.3) is 0 Å². The molecule has 0 N–H and O–H groups in total. The average molecular weight is 224 g/mol. The molecule has 4 heteroatoms. The molecule has 1 atom stereocenters. The number of hydrogen-bond donors (Lipinski definition) is 0. The van der Waals surface area contributed by atoms with E-state index < -0.39 is 0 Å². The van der Waals surface area contributed by atoms with Gasteiger partial charge >= 0.3 is 0 Å². The molecular weight excluding hydrogens is 204 g/mol. The first-order valence-corrected chi connectivity index (χ1v) is 5.72. The van der Waals surface area contributed by atoms with Crippen LogP contribution in [0.2, 0.25) is 0 Å². The fraction of sp³-hybridized carbons (Fsp3) is 0.667. The highest BCUT2D eigenvalue weighted by Crippen LogP contribution is 2.10. The van der Waals surface area contributed by atoms with Gasteiger partial charge in [0.05, 0.1) is 5.69 Å². The Bertz CT molecular complexity index is 334. The molecule has 0 aromatic carbocycles. The number of aromatic nitrogens is 2. The predicted molar refractivity (Wildman–Crippen MR) is 62.4 cm³/mol. The van der Waals surface area contributed by atoms with Gasteiger partial charge in [0, 0.05) is 25.8 Å². The Morgan fingerprint density at radius 1 is 1.62 bits per heavy atom. The topological polar surface area (TPSA) is 44.1 Å². The Hall–Kier alpha value is -1.16. The molecule has 90 valence electrons. The van der Waals surface area contributed by atoms with Crippen molar-refractivity contribution in [2.45, 2.75) is 39.2 Å². The van der Waals surface area contributed by atoms with Gasteiger partial charge in [0.25, 0.3) is 0 Å². The summed E-state index contributed by atoms with van der Waals surface area (Å²) in [6.45, 7) is 4.47. The third-order valence-corrected chi connectivity index (χ3v) is 2.67. The first-order valence-electron chi connectivity index (χ1n) is 5.72. The Morgan fingerprint density at radius 2 is 2.38 bits per heavy atom. The molecule has 1 aromatic heterocycles. The number of Topliss-reactive ketones (excluding diaryl/α,β-unsaturated/α-hetero) is 1. The second-order valence-electron chi connectivity index (χ2n) is 4.02. The van der Waals surface area contributed by atoms with Crippen LogP contribution in [0.15, 0.2) is 12.3 Å². The molecule has 0 amide bonds. The molecule has 1 rings (SSSR count). The lowest BCUT2D eigenvalue weighted by Crippen LogP contribution is -2.08. The van der Waals surface area contributed by atoms with Crippen molar-refractivity contribution in [3.05, 3.63) is 18.0 Å². The zero-order valence-electron chi connectivity index (χ0n) is 10.3. The van der Waals surface area contributed by atoms with Gasteiger partial charge in [-0.25, -0.2) is 0 Å². The summed E-state index contributed by atoms with van der Waals surface area (Å²) in [5.74, 6) is 0.126. The van der Waals surface area contributed by atoms with Gasteiger partial charge in [-0.3, -0.25) is 9.48 Å². The van der Waals surface area contributed by atoms with E-state index in [4.69, 9.17) is 4.74 Å². The molecule has 0 saturated heterocycles. The van der Waals surface area contributed by atoms with Crippen molar-refractivity contribution in [1.29, 1.82) is 0 Å². The van der Waals surface area contributed by atoms with Crippen molar-refractivity contribution >= 4 is 5.78 Å². The Labute approximate surface area is 96.6 Å². The van der Waals surface area contributed by atoms with Gasteiger partial charge in [-0.2, -0.15) is 5.10 Å². The highest BCUT2D eigenvalue weighted by molar-refractivity contribution is 5.79. The highest BCUT2D eigenvalue weighted by Gasteiger charge is 2.06. The maximum Gasteiger partial charge on any atom is 0.158 e. The van der Waals surface area contributed by atoms with Gasteiger partial charge in [-0.05, 0) is 25.8 Å². The number of aryl methyl sites for hydroxylation is 1. The van der Waals surface area contributed by atoms with Crippen LogP contribution in [0.5, 0.6) is 0 Å². The van der Waals surface area contributed by atoms with Gasteiger partial charge in [-0.1, -0.05) is 6.92 Å². The number of ether oxygens (including phenoxy) is 1. The summed E-state index contributed by atoms with van der Waals surface area (Å²) in [5.41, 5.74) is 0.977. The fourth-order valence-corrected chi connectivity index (χ4v) is 1.44. The average Bonchev–Trinajstić information content (AvgIpc) is 2.74. The van der Waals surface area contributed by atoms with E-state index in [9.17, 15) is 4.79 Å². The molecule has 4 nitrogen and oxygen atoms in total. The number of ketones is 1. The van der Waals surface area contributed by atoms with Crippen molar-refractivity contribution in [1.82, 2.24) is 9.78 Å². The van der Waals surface area contributed by atoms with E-state index in [1.165, 1.54) is 7.11 Å². The van der Waals surface area contributed by atoms with Crippen molar-refractivity contribution < 1.29 is 9.53 Å². The molecule has 0 aliphatic rings. The molecule has 0 radical (unpaired) electrons. The van der Waals surface area contributed by atoms with E-state index >= 15 is 0 Å². The van der Waals surface area contributed by atoms with E-state index in [-0.39, 0.29) is 12.4 Å². The number of methoxy groups -OCH3 is 1. The summed E-state index contributed by atoms with van der Waals surface area (Å²) >= 11 is 0. The lowest BCUT2D eigenvalue weighted by molar-refractivity contribution is -0.122. The molecule has 0 saturated carbocycles. The van der Waals surface area contributed by atoms with Crippen LogP contribution in [0.4, 0.5) is 0 Å². The van der Waals surface area contributed by atoms with Gasteiger partial charge < -0.3 is 4.74 Å². The van der Waals surface area contributed by atoms with Crippen molar-refractivity contribution in [3.8, 4) is 0 Å². The van der Waals surface area contributed by atoms with E-state index in [1.54, 1.807) is 0 Å². The van der Waals surface area contributed by atoms with Gasteiger partial charge in [-0.15, -0.1) is 0 Å². The zero-order chi connectivity index (χ0) is 12.0. The summed E-state index contributed by atoms with van der Waals surface area (Å²) in [7, 11) is 1.54. The van der Waals surface area contributed by atoms with E-state index in [2.05, 4.69) is 18.9 Å². The van der Waals surface area contributed by atoms with Crippen LogP contribution < -0.4 is 0 Å². The van der Waals surface area contributed by atoms with Crippen LogP contribution in [-0.4, -0.2) is 29.3 Å². The molecule has 0 fully saturated rings. The second-order valence-corrected chi connectivity index (χ2v) is 4.02. The third kappa shape index (κ3) is 3.77. The molecule has 0 aliphatic carbocycles. The lowest BCUT2D eigenvalue weighted by Gasteiger charge is -2.07. The van der Waals surface area contributed by atoms with Crippen molar-refractivity contribution in [3.63, 3.8) is 0 Å². The van der Waals surface area contributed by atoms with Crippen molar-refractivity contribution in [2.24, 2.45) is 0 Å². The molecule has 1 heterocycles. The number of carbonyl (C=O) groups excluding carboxylic acids is 1. The molecule has 0 bridgehead atoms. The smallest absolute Gasteiger partial charge is 0.158 e. The highest BCUT2D eigenvalue weighted by atomic mass is 16.5. The summed E-state index contributed by atoms with van der Waals surface area (Å²) < 4.78 is 6.73. The number of carbonyl (C=O) groups is 1. The van der Waals surface area contributed by atoms with Crippen LogP contribution in [0.3, 0.4) is 0 Å². The normalized spacial score (nSPS) is 12.7. The van der Waals surface area contributed by atoms with Crippen LogP contribution in [0.1, 0.15) is 38.4 Å². The van der Waals surface area contributed by atoms with Gasteiger partial charge in [0.1, 0.15) is 6.61 Å². The quantitative estimate of drug-likeness (QED) is 0.711. The first kappa shape index (κ1) is 12.9. The number of hydrogen-bond acceptors (Lipinski definition) is 3. The number of nitrogens with zero attached hydrogens (tertiary/aromatic N) is 2. The fourth-order valence-electron chi connectivity index (χ4n) is 1.44. The maximum absolute atomic E-state index is 11.3. The largest absolute Gasteiger partial charge is 0.377 e. The Kier molecular flexibility index (Phi) is 5.19. The summed E-state index contributed by atoms with van der Waals surface area (Å²) in [6, 6.07) is 2.40. The SMILES string of the molecule is CCC(C)n1ccc(CCC(=O)COC)n1. The van der Waals surface area contributed by atoms with Gasteiger partial charge in [0.15, 0.2) is 5.78 Å². The number of rotatable bonds is 7. The third-order valence-electron chi connectivity index (χ3n) is 2.67. The molecular formula is C12H20N2O2. The minimum atomic E-state index is 0.126. The van der Waals surface area contributed by atoms with Crippen molar-refractivity contribution in [2.75, 3.05) is 13.7 Å². The molecule has 16 heavy (non-hydrogen) atoms. The maximum atomic E-state index is 11.3. The van der Waals surface area contributed by atoms with E-state index in [1.807, 2.05) is 16.9 Å². The minimum Gasteiger partial charge on any atom is -0.377 e. The monoisotopic (exact) mass is 224 g/mol. The van der Waals surface area contributed by atoms with Crippen LogP contribution >= 0.6 is 0 Å². The Morgan fingerprint density at radius 3 is 3.00 bits per heavy atom. The molecule has 0 aliphatic heterocycles. The summed E-state index contributed by atoms with van der Waals surface area (Å²) in [4.78, 5) is 11.3. The second kappa shape index (κ2) is 6.43. The van der Waals surface area contributed by atoms with Crippen LogP contribution in [0, 0.1) is 0 Å². The first-order chi connectivity index (χ1) is 7.67. The molecule has 1 unspecified atom stereocenters. The minimum absolute atomic E-state index is 0.126. The molecule has 1 aromatic rings. The summed E-state index contributed by atoms with van der Waals surface area (Å²) in [5, 5.41) is 4.44. The predicted octanol–water partition coefficient (Wildman–Crippen LogP) is 2.00.